The van der Waals surface area contributed by atoms with Crippen LogP contribution in [0.1, 0.15) is 13.3 Å². The Labute approximate surface area is 104 Å². The van der Waals surface area contributed by atoms with Crippen LogP contribution in [0.5, 0.6) is 0 Å². The number of carbonyl (C=O) groups excluding carboxylic acids is 1. The van der Waals surface area contributed by atoms with E-state index in [0.29, 0.717) is 13.1 Å². The highest BCUT2D eigenvalue weighted by atomic mass is 32.2. The number of carbonyl (C=O) groups is 1. The Bertz CT molecular complexity index is 328. The Kier molecular flexibility index (Phi) is 7.33. The van der Waals surface area contributed by atoms with Crippen molar-refractivity contribution >= 4 is 15.9 Å². The molecule has 0 heterocycles. The summed E-state index contributed by atoms with van der Waals surface area (Å²) < 4.78 is 24.1. The Hall–Kier alpha value is -0.660. The summed E-state index contributed by atoms with van der Waals surface area (Å²) in [5, 5.41) is 0. The fourth-order valence-corrected chi connectivity index (χ4v) is 1.83. The van der Waals surface area contributed by atoms with Gasteiger partial charge >= 0.3 is 0 Å². The second kappa shape index (κ2) is 7.62. The van der Waals surface area contributed by atoms with Gasteiger partial charge in [0.1, 0.15) is 0 Å². The van der Waals surface area contributed by atoms with Crippen molar-refractivity contribution in [2.24, 2.45) is 0 Å². The van der Waals surface area contributed by atoms with Crippen molar-refractivity contribution in [3.05, 3.63) is 0 Å². The van der Waals surface area contributed by atoms with E-state index < -0.39 is 10.0 Å². The molecule has 7 heteroatoms. The molecule has 0 aromatic rings. The molecule has 0 radical (unpaired) electrons. The van der Waals surface area contributed by atoms with Crippen molar-refractivity contribution in [1.82, 2.24) is 14.5 Å². The maximum absolute atomic E-state index is 11.3. The van der Waals surface area contributed by atoms with Gasteiger partial charge in [-0.3, -0.25) is 4.79 Å². The van der Waals surface area contributed by atoms with Gasteiger partial charge in [0, 0.05) is 26.6 Å². The first-order valence-electron chi connectivity index (χ1n) is 5.57. The van der Waals surface area contributed by atoms with Crippen LogP contribution in [0.25, 0.3) is 0 Å². The van der Waals surface area contributed by atoms with Crippen LogP contribution < -0.4 is 4.72 Å². The van der Waals surface area contributed by atoms with E-state index in [0.717, 1.165) is 19.2 Å². The summed E-state index contributed by atoms with van der Waals surface area (Å²) >= 11 is 0. The molecule has 0 unspecified atom stereocenters. The number of hydrogen-bond acceptors (Lipinski definition) is 4. The molecule has 6 nitrogen and oxygen atoms in total. The molecule has 0 aliphatic rings. The highest BCUT2D eigenvalue weighted by molar-refractivity contribution is 7.88. The van der Waals surface area contributed by atoms with Gasteiger partial charge in [0.2, 0.25) is 15.9 Å². The van der Waals surface area contributed by atoms with E-state index >= 15 is 0 Å². The van der Waals surface area contributed by atoms with Gasteiger partial charge in [-0.15, -0.1) is 0 Å². The standard InChI is InChI=1S/C10H23N3O3S/c1-10(14)13(8-5-7-12(2)3)9-6-11-17(4,15)16/h11H,5-9H2,1-4H3. The predicted molar refractivity (Wildman–Crippen MR) is 68.3 cm³/mol. The van der Waals surface area contributed by atoms with Crippen LogP contribution in [-0.4, -0.2) is 70.7 Å². The van der Waals surface area contributed by atoms with E-state index in [1.165, 1.54) is 6.92 Å². The molecule has 0 spiro atoms. The first-order valence-corrected chi connectivity index (χ1v) is 7.46. The van der Waals surface area contributed by atoms with Crippen molar-refractivity contribution in [2.75, 3.05) is 46.5 Å². The molecule has 17 heavy (non-hydrogen) atoms. The van der Waals surface area contributed by atoms with Gasteiger partial charge in [0.15, 0.2) is 0 Å². The maximum atomic E-state index is 11.3. The van der Waals surface area contributed by atoms with Crippen molar-refractivity contribution in [3.8, 4) is 0 Å². The van der Waals surface area contributed by atoms with E-state index in [1.807, 2.05) is 19.0 Å². The fraction of sp³-hybridized carbons (Fsp3) is 0.900. The number of nitrogens with zero attached hydrogens (tertiary/aromatic N) is 2. The van der Waals surface area contributed by atoms with Crippen LogP contribution in [0.4, 0.5) is 0 Å². The topological polar surface area (TPSA) is 69.7 Å². The normalized spacial score (nSPS) is 11.8. The molecule has 0 aromatic carbocycles. The smallest absolute Gasteiger partial charge is 0.219 e. The van der Waals surface area contributed by atoms with Crippen molar-refractivity contribution in [1.29, 1.82) is 0 Å². The van der Waals surface area contributed by atoms with Crippen LogP contribution in [-0.2, 0) is 14.8 Å². The van der Waals surface area contributed by atoms with Crippen molar-refractivity contribution < 1.29 is 13.2 Å². The van der Waals surface area contributed by atoms with Gasteiger partial charge in [-0.05, 0) is 27.1 Å². The second-order valence-corrected chi connectivity index (χ2v) is 6.16. The fourth-order valence-electron chi connectivity index (χ4n) is 1.37. The SMILES string of the molecule is CC(=O)N(CCCN(C)C)CCNS(C)(=O)=O. The molecule has 0 aliphatic carbocycles. The third kappa shape index (κ3) is 10.2. The number of amides is 1. The summed E-state index contributed by atoms with van der Waals surface area (Å²) in [6, 6.07) is 0. The summed E-state index contributed by atoms with van der Waals surface area (Å²) in [5.74, 6) is -0.0287. The Morgan fingerprint density at radius 3 is 2.18 bits per heavy atom. The number of nitrogens with one attached hydrogen (secondary N) is 1. The number of sulfonamides is 1. The number of rotatable bonds is 8. The third-order valence-corrected chi connectivity index (χ3v) is 2.95. The Morgan fingerprint density at radius 2 is 1.76 bits per heavy atom. The molecule has 0 atom stereocenters. The molecular weight excluding hydrogens is 242 g/mol. The molecule has 0 aliphatic heterocycles. The molecule has 0 aromatic heterocycles. The highest BCUT2D eigenvalue weighted by Crippen LogP contribution is 1.93. The lowest BCUT2D eigenvalue weighted by Crippen LogP contribution is -2.38. The third-order valence-electron chi connectivity index (χ3n) is 2.22. The van der Waals surface area contributed by atoms with Crippen LogP contribution in [0.2, 0.25) is 0 Å². The van der Waals surface area contributed by atoms with E-state index in [1.54, 1.807) is 4.90 Å². The lowest BCUT2D eigenvalue weighted by Gasteiger charge is -2.21. The van der Waals surface area contributed by atoms with Crippen LogP contribution in [0.3, 0.4) is 0 Å². The molecule has 1 amide bonds. The van der Waals surface area contributed by atoms with Crippen LogP contribution in [0.15, 0.2) is 0 Å². The summed E-state index contributed by atoms with van der Waals surface area (Å²) in [6.07, 6.45) is 1.99. The van der Waals surface area contributed by atoms with Gasteiger partial charge in [0.05, 0.1) is 6.26 Å². The first-order chi connectivity index (χ1) is 7.72. The molecule has 102 valence electrons. The van der Waals surface area contributed by atoms with E-state index in [4.69, 9.17) is 0 Å². The predicted octanol–water partition coefficient (Wildman–Crippen LogP) is -0.664. The van der Waals surface area contributed by atoms with Gasteiger partial charge in [0.25, 0.3) is 0 Å². The van der Waals surface area contributed by atoms with Crippen LogP contribution in [0, 0.1) is 0 Å². The van der Waals surface area contributed by atoms with Gasteiger partial charge in [-0.25, -0.2) is 13.1 Å². The largest absolute Gasteiger partial charge is 0.342 e. The average molecular weight is 265 g/mol. The average Bonchev–Trinajstić information content (AvgIpc) is 2.12. The maximum Gasteiger partial charge on any atom is 0.219 e. The second-order valence-electron chi connectivity index (χ2n) is 4.33. The molecule has 1 N–H and O–H groups in total. The zero-order chi connectivity index (χ0) is 13.5. The van der Waals surface area contributed by atoms with E-state index in [-0.39, 0.29) is 12.5 Å². The van der Waals surface area contributed by atoms with Gasteiger partial charge in [-0.1, -0.05) is 0 Å². The molecular formula is C10H23N3O3S. The minimum atomic E-state index is -3.18. The summed E-state index contributed by atoms with van der Waals surface area (Å²) in [7, 11) is 0.775. The van der Waals surface area contributed by atoms with E-state index in [2.05, 4.69) is 4.72 Å². The zero-order valence-corrected chi connectivity index (χ0v) is 11.9. The molecule has 0 fully saturated rings. The van der Waals surface area contributed by atoms with Gasteiger partial charge in [-0.2, -0.15) is 0 Å². The summed E-state index contributed by atoms with van der Waals surface area (Å²) in [6.45, 7) is 3.73. The summed E-state index contributed by atoms with van der Waals surface area (Å²) in [4.78, 5) is 15.0. The molecule has 0 saturated heterocycles. The Morgan fingerprint density at radius 1 is 1.18 bits per heavy atom. The molecule has 0 saturated carbocycles. The monoisotopic (exact) mass is 265 g/mol. The Balaban J connectivity index is 3.95. The molecule has 0 rings (SSSR count). The van der Waals surface area contributed by atoms with Crippen molar-refractivity contribution in [3.63, 3.8) is 0 Å². The number of hydrogen-bond donors (Lipinski definition) is 1. The summed E-state index contributed by atoms with van der Waals surface area (Å²) in [5.41, 5.74) is 0. The lowest BCUT2D eigenvalue weighted by atomic mass is 10.3. The zero-order valence-electron chi connectivity index (χ0n) is 11.1. The van der Waals surface area contributed by atoms with Gasteiger partial charge < -0.3 is 9.80 Å². The van der Waals surface area contributed by atoms with E-state index in [9.17, 15) is 13.2 Å². The molecule has 0 bridgehead atoms. The minimum absolute atomic E-state index is 0.0287. The lowest BCUT2D eigenvalue weighted by molar-refractivity contribution is -0.128. The van der Waals surface area contributed by atoms with Crippen LogP contribution >= 0.6 is 0 Å². The highest BCUT2D eigenvalue weighted by Gasteiger charge is 2.09. The van der Waals surface area contributed by atoms with Crippen molar-refractivity contribution in [2.45, 2.75) is 13.3 Å². The minimum Gasteiger partial charge on any atom is -0.342 e. The first kappa shape index (κ1) is 16.3. The quantitative estimate of drug-likeness (QED) is 0.632.